The minimum absolute atomic E-state index is 0.00972. The van der Waals surface area contributed by atoms with Gasteiger partial charge in [0.1, 0.15) is 18.6 Å². The number of aliphatic hydroxyl groups is 1. The van der Waals surface area contributed by atoms with Gasteiger partial charge in [0, 0.05) is 40.6 Å². The van der Waals surface area contributed by atoms with E-state index < -0.39 is 41.1 Å². The second-order valence-corrected chi connectivity index (χ2v) is 15.5. The largest absolute Gasteiger partial charge is 0.507 e. The molecule has 0 aromatic heterocycles. The normalized spacial score (nSPS) is 30.6. The number of phenolic OH excluding ortho intramolecular Hbond substituents is 3. The molecule has 3 aromatic carbocycles. The quantitative estimate of drug-likeness (QED) is 0.246. The van der Waals surface area contributed by atoms with Crippen LogP contribution >= 0.6 is 11.8 Å². The summed E-state index contributed by atoms with van der Waals surface area (Å²) in [5.41, 5.74) is 4.38. The first-order valence-corrected chi connectivity index (χ1v) is 18.2. The summed E-state index contributed by atoms with van der Waals surface area (Å²) in [4.78, 5) is 18.7. The molecule has 14 heteroatoms. The molecular weight excluding hydrogens is 678 g/mol. The standard InChI is InChI=1S/C37H41N3O10S/c1-15-8-18-9-20-35(44)40-21-12-48-36(45)37(19-11-23(46-4)22(41)10-17(19)6-7-38-37)13-51-34(26-25(21)33-32(49-14-50-33)16(2)29(26)42)28(40)27(39(20)3)24(18)30(43)31(15)47-5/h8,10-11,20-21,27-28,34-35,38,41-44H,6-7,9,12-14H2,1-5H3/t20-,21-,27-,28+,34+,35-,37+/m0/s1. The number of esters is 1. The molecule has 10 rings (SSSR count). The summed E-state index contributed by atoms with van der Waals surface area (Å²) in [7, 11) is 4.97. The van der Waals surface area contributed by atoms with E-state index in [4.69, 9.17) is 23.7 Å². The number of fused-ring (bicyclic) bond motifs is 9. The number of aryl methyl sites for hydroxylation is 1. The Hall–Kier alpha value is -4.08. The molecule has 1 spiro atoms. The van der Waals surface area contributed by atoms with Gasteiger partial charge in [0.25, 0.3) is 0 Å². The summed E-state index contributed by atoms with van der Waals surface area (Å²) in [5, 5.41) is 50.1. The highest BCUT2D eigenvalue weighted by atomic mass is 32.2. The van der Waals surface area contributed by atoms with Crippen molar-refractivity contribution >= 4 is 17.7 Å². The maximum Gasteiger partial charge on any atom is 0.331 e. The lowest BCUT2D eigenvalue weighted by molar-refractivity contribution is -0.186. The van der Waals surface area contributed by atoms with E-state index in [0.717, 1.165) is 16.7 Å². The third-order valence-electron chi connectivity index (χ3n) is 12.0. The van der Waals surface area contributed by atoms with E-state index in [2.05, 4.69) is 10.2 Å². The Labute approximate surface area is 299 Å². The summed E-state index contributed by atoms with van der Waals surface area (Å²) in [6.45, 7) is 3.96. The fraction of sp³-hybridized carbons (Fsp3) is 0.486. The summed E-state index contributed by atoms with van der Waals surface area (Å²) in [6, 6.07) is 3.30. The van der Waals surface area contributed by atoms with Crippen LogP contribution in [0, 0.1) is 13.8 Å². The predicted molar refractivity (Wildman–Crippen MR) is 185 cm³/mol. The van der Waals surface area contributed by atoms with Gasteiger partial charge in [-0.3, -0.25) is 15.1 Å². The summed E-state index contributed by atoms with van der Waals surface area (Å²) >= 11 is 1.47. The van der Waals surface area contributed by atoms with Crippen molar-refractivity contribution in [1.29, 1.82) is 0 Å². The Kier molecular flexibility index (Phi) is 7.37. The molecule has 0 saturated carbocycles. The van der Waals surface area contributed by atoms with Crippen LogP contribution in [-0.4, -0.2) is 101 Å². The number of likely N-dealkylation sites (N-methyl/N-ethyl adjacent to an activating group) is 1. The molecule has 4 bridgehead atoms. The van der Waals surface area contributed by atoms with Crippen molar-refractivity contribution in [2.75, 3.05) is 47.0 Å². The Balaban J connectivity index is 1.29. The summed E-state index contributed by atoms with van der Waals surface area (Å²) in [6.07, 6.45) is 0.0426. The number of rotatable bonds is 2. The minimum atomic E-state index is -1.32. The zero-order chi connectivity index (χ0) is 35.7. The number of carbonyl (C=O) groups is 1. The van der Waals surface area contributed by atoms with Gasteiger partial charge in [-0.2, -0.15) is 0 Å². The van der Waals surface area contributed by atoms with Crippen molar-refractivity contribution in [3.63, 3.8) is 0 Å². The number of hydrogen-bond acceptors (Lipinski definition) is 14. The molecule has 270 valence electrons. The molecule has 7 aliphatic heterocycles. The molecule has 7 aliphatic rings. The fourth-order valence-electron chi connectivity index (χ4n) is 9.74. The monoisotopic (exact) mass is 719 g/mol. The molecule has 5 N–H and O–H groups in total. The first-order chi connectivity index (χ1) is 24.5. The van der Waals surface area contributed by atoms with E-state index in [-0.39, 0.29) is 48.2 Å². The molecule has 51 heavy (non-hydrogen) atoms. The van der Waals surface area contributed by atoms with Crippen molar-refractivity contribution in [3.8, 4) is 40.2 Å². The molecule has 7 atom stereocenters. The molecule has 2 fully saturated rings. The second kappa shape index (κ2) is 11.5. The number of piperazine rings is 1. The third kappa shape index (κ3) is 4.28. The van der Waals surface area contributed by atoms with Gasteiger partial charge in [-0.1, -0.05) is 6.07 Å². The Morgan fingerprint density at radius 3 is 2.53 bits per heavy atom. The third-order valence-corrected chi connectivity index (χ3v) is 13.5. The van der Waals surface area contributed by atoms with Gasteiger partial charge < -0.3 is 44.1 Å². The van der Waals surface area contributed by atoms with Gasteiger partial charge in [0.15, 0.2) is 40.0 Å². The van der Waals surface area contributed by atoms with Gasteiger partial charge in [-0.05, 0) is 68.1 Å². The predicted octanol–water partition coefficient (Wildman–Crippen LogP) is 3.19. The first-order valence-electron chi connectivity index (χ1n) is 17.2. The summed E-state index contributed by atoms with van der Waals surface area (Å²) in [5.74, 6) is 1.32. The smallest absolute Gasteiger partial charge is 0.331 e. The number of hydrogen-bond donors (Lipinski definition) is 5. The lowest BCUT2D eigenvalue weighted by Gasteiger charge is -2.62. The number of phenols is 3. The highest BCUT2D eigenvalue weighted by molar-refractivity contribution is 7.99. The number of aliphatic hydroxyl groups excluding tert-OH is 1. The molecule has 0 radical (unpaired) electrons. The highest BCUT2D eigenvalue weighted by Gasteiger charge is 2.61. The summed E-state index contributed by atoms with van der Waals surface area (Å²) < 4.78 is 29.5. The molecule has 7 heterocycles. The first kappa shape index (κ1) is 32.8. The Bertz CT molecular complexity index is 2010. The van der Waals surface area contributed by atoms with Crippen LogP contribution < -0.4 is 24.3 Å². The lowest BCUT2D eigenvalue weighted by atomic mass is 9.73. The van der Waals surface area contributed by atoms with Crippen molar-refractivity contribution < 1.29 is 48.9 Å². The topological polar surface area (TPSA) is 163 Å². The molecule has 2 saturated heterocycles. The number of nitrogens with zero attached hydrogens (tertiary/aromatic N) is 2. The number of ether oxygens (including phenoxy) is 5. The van der Waals surface area contributed by atoms with Gasteiger partial charge in [0.05, 0.1) is 37.6 Å². The number of methoxy groups -OCH3 is 2. The van der Waals surface area contributed by atoms with Crippen LogP contribution in [0.2, 0.25) is 0 Å². The van der Waals surface area contributed by atoms with E-state index in [9.17, 15) is 25.2 Å². The van der Waals surface area contributed by atoms with E-state index in [1.165, 1.54) is 18.9 Å². The molecule has 13 nitrogen and oxygen atoms in total. The fourth-order valence-corrected chi connectivity index (χ4v) is 11.4. The van der Waals surface area contributed by atoms with Gasteiger partial charge >= 0.3 is 5.97 Å². The van der Waals surface area contributed by atoms with Crippen LogP contribution in [0.25, 0.3) is 0 Å². The number of benzene rings is 3. The van der Waals surface area contributed by atoms with Crippen LogP contribution in [0.15, 0.2) is 18.2 Å². The second-order valence-electron chi connectivity index (χ2n) is 14.4. The zero-order valence-electron chi connectivity index (χ0n) is 29.0. The minimum Gasteiger partial charge on any atom is -0.507 e. The van der Waals surface area contributed by atoms with Crippen LogP contribution in [0.1, 0.15) is 61.8 Å². The van der Waals surface area contributed by atoms with Gasteiger partial charge in [-0.15, -0.1) is 11.8 Å². The maximum atomic E-state index is 14.6. The molecule has 0 amide bonds. The average Bonchev–Trinajstić information content (AvgIpc) is 3.60. The maximum absolute atomic E-state index is 14.6. The number of aromatic hydroxyl groups is 3. The average molecular weight is 720 g/mol. The van der Waals surface area contributed by atoms with E-state index >= 15 is 0 Å². The molecular formula is C37H41N3O10S. The van der Waals surface area contributed by atoms with Crippen molar-refractivity contribution in [2.24, 2.45) is 0 Å². The number of carbonyl (C=O) groups excluding carboxylic acids is 1. The SMILES string of the molecule is COc1cc2c(cc1O)CCN[C@]21CS[C@@H]2c3c(O)c(C)c4c(c3[C@H](COC1=O)N1[C@@H]2[C@@H]2c3c(cc(C)c(OC)c3O)C[C@@H]([C@@H]1O)N2C)OCO4. The van der Waals surface area contributed by atoms with Crippen molar-refractivity contribution in [1.82, 2.24) is 15.1 Å². The lowest BCUT2D eigenvalue weighted by Crippen LogP contribution is -2.70. The van der Waals surface area contributed by atoms with E-state index in [0.29, 0.717) is 64.5 Å². The molecule has 0 aliphatic carbocycles. The van der Waals surface area contributed by atoms with E-state index in [1.807, 2.05) is 24.9 Å². The van der Waals surface area contributed by atoms with Gasteiger partial charge in [0.2, 0.25) is 6.79 Å². The molecule has 0 unspecified atom stereocenters. The van der Waals surface area contributed by atoms with Gasteiger partial charge in [-0.25, -0.2) is 4.79 Å². The van der Waals surface area contributed by atoms with Crippen molar-refractivity contribution in [2.45, 2.75) is 67.9 Å². The number of thioether (sulfide) groups is 1. The molecule has 3 aromatic rings. The van der Waals surface area contributed by atoms with Crippen LogP contribution in [0.3, 0.4) is 0 Å². The number of nitrogens with one attached hydrogen (secondary N) is 1. The van der Waals surface area contributed by atoms with Crippen LogP contribution in [0.5, 0.6) is 40.2 Å². The highest BCUT2D eigenvalue weighted by Crippen LogP contribution is 2.64. The van der Waals surface area contributed by atoms with Crippen LogP contribution in [0.4, 0.5) is 0 Å². The van der Waals surface area contributed by atoms with E-state index in [1.54, 1.807) is 26.2 Å². The zero-order valence-corrected chi connectivity index (χ0v) is 29.8. The Morgan fingerprint density at radius 1 is 0.980 bits per heavy atom. The van der Waals surface area contributed by atoms with Crippen LogP contribution in [-0.2, 0) is 27.9 Å². The Morgan fingerprint density at radius 2 is 1.76 bits per heavy atom. The van der Waals surface area contributed by atoms with Crippen molar-refractivity contribution in [3.05, 3.63) is 62.7 Å².